The number of rotatable bonds is 11. The minimum absolute atomic E-state index is 0.000692. The number of nitrogens with one attached hydrogen (secondary N) is 1. The fourth-order valence-electron chi connectivity index (χ4n) is 2.17. The van der Waals surface area contributed by atoms with Gasteiger partial charge in [-0.15, -0.1) is 10.2 Å². The molecule has 28 heavy (non-hydrogen) atoms. The topological polar surface area (TPSA) is 84.4 Å². The molecule has 1 aromatic heterocycles. The van der Waals surface area contributed by atoms with Crippen molar-refractivity contribution in [1.82, 2.24) is 20.4 Å². The van der Waals surface area contributed by atoms with E-state index >= 15 is 0 Å². The summed E-state index contributed by atoms with van der Waals surface area (Å²) in [7, 11) is 3.39. The van der Waals surface area contributed by atoms with Crippen molar-refractivity contribution >= 4 is 46.7 Å². The van der Waals surface area contributed by atoms with E-state index in [1.54, 1.807) is 19.1 Å². The quantitative estimate of drug-likeness (QED) is 0.538. The Labute approximate surface area is 177 Å². The van der Waals surface area contributed by atoms with E-state index in [2.05, 4.69) is 15.5 Å². The third-order valence-corrected chi connectivity index (χ3v) is 6.81. The molecule has 0 saturated heterocycles. The molecule has 1 N–H and O–H groups in total. The van der Waals surface area contributed by atoms with Crippen molar-refractivity contribution in [3.8, 4) is 5.75 Å². The van der Waals surface area contributed by atoms with Crippen LogP contribution in [0.3, 0.4) is 0 Å². The van der Waals surface area contributed by atoms with Crippen LogP contribution in [0.2, 0.25) is 0 Å². The summed E-state index contributed by atoms with van der Waals surface area (Å²) in [6.07, 6.45) is 0.912. The Morgan fingerprint density at radius 3 is 2.54 bits per heavy atom. The van der Waals surface area contributed by atoms with Crippen molar-refractivity contribution in [3.63, 3.8) is 0 Å². The number of nitrogens with zero attached hydrogens (tertiary/aromatic N) is 3. The average Bonchev–Trinajstić information content (AvgIpc) is 3.17. The number of para-hydroxylation sites is 1. The number of ether oxygens (including phenoxy) is 1. The van der Waals surface area contributed by atoms with E-state index in [4.69, 9.17) is 4.74 Å². The van der Waals surface area contributed by atoms with Gasteiger partial charge in [0.25, 0.3) is 0 Å². The summed E-state index contributed by atoms with van der Waals surface area (Å²) in [5.41, 5.74) is 0.960. The zero-order valence-corrected chi connectivity index (χ0v) is 18.6. The molecule has 7 nitrogen and oxygen atoms in total. The number of methoxy groups -OCH3 is 1. The van der Waals surface area contributed by atoms with Crippen molar-refractivity contribution < 1.29 is 14.3 Å². The molecule has 0 atom stereocenters. The number of hydrogen-bond acceptors (Lipinski definition) is 8. The molecule has 0 aliphatic carbocycles. The van der Waals surface area contributed by atoms with Crippen molar-refractivity contribution in [3.05, 3.63) is 29.8 Å². The highest BCUT2D eigenvalue weighted by Crippen LogP contribution is 2.29. The Balaban J connectivity index is 1.78. The molecule has 2 amide bonds. The fraction of sp³-hybridized carbons (Fsp3) is 0.444. The molecule has 1 heterocycles. The van der Waals surface area contributed by atoms with Crippen LogP contribution < -0.4 is 10.1 Å². The highest BCUT2D eigenvalue weighted by Gasteiger charge is 2.14. The Bertz CT molecular complexity index is 785. The Kier molecular flexibility index (Phi) is 9.59. The van der Waals surface area contributed by atoms with Crippen LogP contribution in [-0.2, 0) is 16.1 Å². The Hall–Kier alpha value is -1.78. The summed E-state index contributed by atoms with van der Waals surface area (Å²) in [6, 6.07) is 7.65. The third-order valence-electron chi connectivity index (χ3n) is 3.63. The van der Waals surface area contributed by atoms with E-state index in [0.29, 0.717) is 18.8 Å². The molecule has 0 aliphatic rings. The lowest BCUT2D eigenvalue weighted by Gasteiger charge is -2.18. The number of benzene rings is 1. The molecule has 0 saturated carbocycles. The number of aromatic nitrogens is 2. The summed E-state index contributed by atoms with van der Waals surface area (Å²) in [6.45, 7) is 3.17. The summed E-state index contributed by atoms with van der Waals surface area (Å²) in [5, 5.41) is 11.0. The molecule has 2 aromatic rings. The average molecular weight is 441 g/mol. The van der Waals surface area contributed by atoms with Crippen LogP contribution in [-0.4, -0.2) is 59.1 Å². The van der Waals surface area contributed by atoms with Gasteiger partial charge in [0.1, 0.15) is 5.75 Å². The van der Waals surface area contributed by atoms with Gasteiger partial charge in [-0.3, -0.25) is 9.59 Å². The summed E-state index contributed by atoms with van der Waals surface area (Å²) in [5.74, 6) is 1.36. The van der Waals surface area contributed by atoms with Gasteiger partial charge >= 0.3 is 0 Å². The first-order valence-corrected chi connectivity index (χ1v) is 11.5. The fourth-order valence-corrected chi connectivity index (χ4v) is 4.96. The van der Waals surface area contributed by atoms with E-state index in [1.165, 1.54) is 34.9 Å². The molecule has 2 rings (SSSR count). The summed E-state index contributed by atoms with van der Waals surface area (Å²) < 4.78 is 6.77. The minimum Gasteiger partial charge on any atom is -0.496 e. The second kappa shape index (κ2) is 11.9. The molecule has 0 spiro atoms. The van der Waals surface area contributed by atoms with Crippen LogP contribution in [0.15, 0.2) is 32.9 Å². The third kappa shape index (κ3) is 7.33. The Morgan fingerprint density at radius 1 is 1.18 bits per heavy atom. The zero-order chi connectivity index (χ0) is 20.4. The second-order valence-electron chi connectivity index (χ2n) is 5.82. The first kappa shape index (κ1) is 22.5. The standard InChI is InChI=1S/C18H24N4O3S3/c1-4-9-19-15(23)11-26-17-20-21-18(28-17)27-12-16(24)22(2)10-13-7-5-6-8-14(13)25-3/h5-8H,4,9-12H2,1-3H3,(H,19,23). The SMILES string of the molecule is CCCNC(=O)CSc1nnc(SCC(=O)N(C)Cc2ccccc2OC)s1. The summed E-state index contributed by atoms with van der Waals surface area (Å²) >= 11 is 4.11. The molecule has 1 aromatic carbocycles. The zero-order valence-electron chi connectivity index (χ0n) is 16.1. The van der Waals surface area contributed by atoms with Crippen LogP contribution in [0.25, 0.3) is 0 Å². The first-order chi connectivity index (χ1) is 13.5. The molecular formula is C18H24N4O3S3. The summed E-state index contributed by atoms with van der Waals surface area (Å²) in [4.78, 5) is 25.7. The van der Waals surface area contributed by atoms with Gasteiger partial charge in [0.05, 0.1) is 18.6 Å². The molecule has 0 aliphatic heterocycles. The second-order valence-corrected chi connectivity index (χ2v) is 9.25. The van der Waals surface area contributed by atoms with Crippen LogP contribution in [0.1, 0.15) is 18.9 Å². The van der Waals surface area contributed by atoms with Gasteiger partial charge in [0.2, 0.25) is 11.8 Å². The molecule has 0 bridgehead atoms. The van der Waals surface area contributed by atoms with E-state index < -0.39 is 0 Å². The normalized spacial score (nSPS) is 10.5. The van der Waals surface area contributed by atoms with Gasteiger partial charge in [-0.1, -0.05) is 60.0 Å². The van der Waals surface area contributed by atoms with E-state index in [-0.39, 0.29) is 17.6 Å². The van der Waals surface area contributed by atoms with Gasteiger partial charge in [-0.25, -0.2) is 0 Å². The number of carbonyl (C=O) groups excluding carboxylic acids is 2. The van der Waals surface area contributed by atoms with Gasteiger partial charge in [-0.2, -0.15) is 0 Å². The predicted octanol–water partition coefficient (Wildman–Crippen LogP) is 2.92. The van der Waals surface area contributed by atoms with Crippen LogP contribution in [0.5, 0.6) is 5.75 Å². The lowest BCUT2D eigenvalue weighted by Crippen LogP contribution is -2.27. The van der Waals surface area contributed by atoms with E-state index in [0.717, 1.165) is 26.4 Å². The van der Waals surface area contributed by atoms with E-state index in [1.807, 2.05) is 31.2 Å². The lowest BCUT2D eigenvalue weighted by atomic mass is 10.2. The predicted molar refractivity (Wildman–Crippen MR) is 114 cm³/mol. The van der Waals surface area contributed by atoms with Crippen LogP contribution in [0.4, 0.5) is 0 Å². The Morgan fingerprint density at radius 2 is 1.86 bits per heavy atom. The maximum Gasteiger partial charge on any atom is 0.233 e. The number of thioether (sulfide) groups is 2. The molecule has 0 fully saturated rings. The number of hydrogen-bond donors (Lipinski definition) is 1. The van der Waals surface area contributed by atoms with Crippen LogP contribution >= 0.6 is 34.9 Å². The molecule has 152 valence electrons. The lowest BCUT2D eigenvalue weighted by molar-refractivity contribution is -0.127. The monoisotopic (exact) mass is 440 g/mol. The van der Waals surface area contributed by atoms with Crippen molar-refractivity contribution in [2.75, 3.05) is 32.2 Å². The van der Waals surface area contributed by atoms with Crippen molar-refractivity contribution in [2.45, 2.75) is 28.6 Å². The van der Waals surface area contributed by atoms with Crippen molar-refractivity contribution in [2.24, 2.45) is 0 Å². The van der Waals surface area contributed by atoms with E-state index in [9.17, 15) is 9.59 Å². The van der Waals surface area contributed by atoms with Crippen LogP contribution in [0, 0.1) is 0 Å². The molecular weight excluding hydrogens is 416 g/mol. The smallest absolute Gasteiger partial charge is 0.233 e. The van der Waals surface area contributed by atoms with Gasteiger partial charge in [0.15, 0.2) is 8.68 Å². The van der Waals surface area contributed by atoms with Gasteiger partial charge in [-0.05, 0) is 12.5 Å². The maximum atomic E-state index is 12.4. The molecule has 0 radical (unpaired) electrons. The number of carbonyl (C=O) groups is 2. The van der Waals surface area contributed by atoms with Crippen molar-refractivity contribution in [1.29, 1.82) is 0 Å². The molecule has 10 heteroatoms. The van der Waals surface area contributed by atoms with Gasteiger partial charge in [0, 0.05) is 25.7 Å². The highest BCUT2D eigenvalue weighted by molar-refractivity contribution is 8.03. The maximum absolute atomic E-state index is 12.4. The first-order valence-electron chi connectivity index (χ1n) is 8.75. The molecule has 0 unspecified atom stereocenters. The number of amides is 2. The van der Waals surface area contributed by atoms with Gasteiger partial charge < -0.3 is 15.0 Å². The minimum atomic E-state index is -0.00982. The highest BCUT2D eigenvalue weighted by atomic mass is 32.2. The largest absolute Gasteiger partial charge is 0.496 e.